The van der Waals surface area contributed by atoms with Crippen LogP contribution in [0.25, 0.3) is 22.5 Å². The number of fused-ring (bicyclic) bond motifs is 1. The fourth-order valence-corrected chi connectivity index (χ4v) is 11.4. The molecule has 3 heterocycles. The predicted octanol–water partition coefficient (Wildman–Crippen LogP) is 8.21. The Labute approximate surface area is 389 Å². The van der Waals surface area contributed by atoms with Gasteiger partial charge in [-0.05, 0) is 121 Å². The van der Waals surface area contributed by atoms with Gasteiger partial charge in [0.05, 0.1) is 33.4 Å². The van der Waals surface area contributed by atoms with E-state index in [9.17, 15) is 9.59 Å². The van der Waals surface area contributed by atoms with Gasteiger partial charge in [-0.15, -0.1) is 22.0 Å². The van der Waals surface area contributed by atoms with Gasteiger partial charge in [-0.3, -0.25) is 4.79 Å². The molecule has 5 aromatic carbocycles. The van der Waals surface area contributed by atoms with Gasteiger partial charge >= 0.3 is 6.09 Å². The highest BCUT2D eigenvalue weighted by Gasteiger charge is 2.37. The number of carbonyl (C=O) groups is 2. The Morgan fingerprint density at radius 2 is 1.33 bits per heavy atom. The summed E-state index contributed by atoms with van der Waals surface area (Å²) in [5, 5.41) is 16.8. The number of piperidine rings is 1. The van der Waals surface area contributed by atoms with Gasteiger partial charge in [-0.25, -0.2) is 13.2 Å². The number of benzene rings is 5. The smallest absolute Gasteiger partial charge is 0.410 e. The molecule has 1 fully saturated rings. The normalized spacial score (nSPS) is 14.2. The van der Waals surface area contributed by atoms with Crippen molar-refractivity contribution in [2.24, 2.45) is 0 Å². The average molecular weight is 932 g/mol. The lowest BCUT2D eigenvalue weighted by Gasteiger charge is -2.33. The number of ether oxygens (including phenoxy) is 4. The van der Waals surface area contributed by atoms with Crippen molar-refractivity contribution in [1.82, 2.24) is 34.7 Å². The van der Waals surface area contributed by atoms with Crippen molar-refractivity contribution in [3.05, 3.63) is 131 Å². The summed E-state index contributed by atoms with van der Waals surface area (Å²) in [5.74, 6) is 1.87. The summed E-state index contributed by atoms with van der Waals surface area (Å²) in [6.07, 6.45) is 0.816. The van der Waals surface area contributed by atoms with Crippen LogP contribution in [-0.2, 0) is 40.9 Å². The van der Waals surface area contributed by atoms with E-state index in [4.69, 9.17) is 24.0 Å². The number of tetrazole rings is 1. The fraction of sp³-hybridized carbons (Fsp3) is 0.327. The quantitative estimate of drug-likeness (QED) is 0.105. The molecule has 1 N–H and O–H groups in total. The molecule has 1 saturated heterocycles. The summed E-state index contributed by atoms with van der Waals surface area (Å²) in [4.78, 5) is 29.8. The molecule has 1 aromatic heterocycles. The first kappa shape index (κ1) is 46.1. The minimum Gasteiger partial charge on any atom is -0.497 e. The van der Waals surface area contributed by atoms with E-state index in [0.717, 1.165) is 22.3 Å². The van der Waals surface area contributed by atoms with Crippen molar-refractivity contribution in [3.63, 3.8) is 0 Å². The minimum absolute atomic E-state index is 0.0111. The van der Waals surface area contributed by atoms with Crippen LogP contribution in [0.4, 0.5) is 4.79 Å². The number of aromatic nitrogens is 4. The molecule has 66 heavy (non-hydrogen) atoms. The average Bonchev–Trinajstić information content (AvgIpc) is 3.95. The number of rotatable bonds is 15. The molecule has 0 bridgehead atoms. The van der Waals surface area contributed by atoms with Crippen molar-refractivity contribution in [3.8, 4) is 39.8 Å². The van der Waals surface area contributed by atoms with Crippen molar-refractivity contribution < 1.29 is 37.0 Å². The topological polar surface area (TPSA) is 167 Å². The molecular formula is C49H53N7O8S2. The summed E-state index contributed by atoms with van der Waals surface area (Å²) >= 11 is 1.46. The van der Waals surface area contributed by atoms with Gasteiger partial charge in [0.25, 0.3) is 5.91 Å². The zero-order valence-electron chi connectivity index (χ0n) is 37.8. The SMILES string of the molecule is COc1ccc(CN(Cc2ccc(OC)cc2)S(=O)(=O)c2c(SC3CCN(C(=O)OC(C)(C)C)CC3)ccc(-c3cccc4c3CNC4=O)c2-c2nnn(Cc3ccc(OC)cc3)n2)cc1. The van der Waals surface area contributed by atoms with Crippen LogP contribution >= 0.6 is 11.8 Å². The van der Waals surface area contributed by atoms with E-state index >= 15 is 8.42 Å². The third-order valence-corrected chi connectivity index (χ3v) is 14.8. The minimum atomic E-state index is -4.49. The number of carbonyl (C=O) groups excluding carboxylic acids is 2. The number of nitrogens with one attached hydrogen (secondary N) is 1. The summed E-state index contributed by atoms with van der Waals surface area (Å²) in [6.45, 7) is 6.94. The maximum atomic E-state index is 16.2. The highest BCUT2D eigenvalue weighted by molar-refractivity contribution is 8.00. The van der Waals surface area contributed by atoms with Gasteiger partial charge < -0.3 is 29.2 Å². The van der Waals surface area contributed by atoms with Gasteiger partial charge in [-0.1, -0.05) is 54.6 Å². The molecule has 0 radical (unpaired) electrons. The lowest BCUT2D eigenvalue weighted by Crippen LogP contribution is -2.42. The Balaban J connectivity index is 1.30. The van der Waals surface area contributed by atoms with Crippen LogP contribution < -0.4 is 19.5 Å². The molecule has 2 aliphatic heterocycles. The highest BCUT2D eigenvalue weighted by atomic mass is 32.2. The summed E-state index contributed by atoms with van der Waals surface area (Å²) in [7, 11) is 0.275. The van der Waals surface area contributed by atoms with E-state index < -0.39 is 15.6 Å². The summed E-state index contributed by atoms with van der Waals surface area (Å²) in [6, 6.07) is 31.3. The lowest BCUT2D eigenvalue weighted by atomic mass is 9.93. The zero-order chi connectivity index (χ0) is 46.6. The van der Waals surface area contributed by atoms with Gasteiger partial charge in [0.1, 0.15) is 27.7 Å². The van der Waals surface area contributed by atoms with Crippen LogP contribution in [0.5, 0.6) is 17.2 Å². The summed E-state index contributed by atoms with van der Waals surface area (Å²) in [5.41, 5.74) is 4.43. The van der Waals surface area contributed by atoms with E-state index in [-0.39, 0.29) is 59.7 Å². The van der Waals surface area contributed by atoms with Gasteiger partial charge in [0.15, 0.2) is 0 Å². The van der Waals surface area contributed by atoms with Crippen LogP contribution in [0.1, 0.15) is 66.2 Å². The molecular weight excluding hydrogens is 879 g/mol. The van der Waals surface area contributed by atoms with E-state index in [1.807, 2.05) is 87.5 Å². The van der Waals surface area contributed by atoms with Gasteiger partial charge in [0, 0.05) is 48.4 Å². The van der Waals surface area contributed by atoms with Crippen molar-refractivity contribution >= 4 is 33.8 Å². The predicted molar refractivity (Wildman–Crippen MR) is 251 cm³/mol. The first-order chi connectivity index (χ1) is 31.7. The molecule has 15 nitrogen and oxygen atoms in total. The van der Waals surface area contributed by atoms with E-state index in [1.165, 1.54) is 20.9 Å². The molecule has 6 aromatic rings. The first-order valence-electron chi connectivity index (χ1n) is 21.6. The van der Waals surface area contributed by atoms with Crippen LogP contribution in [0.15, 0.2) is 113 Å². The number of hydrogen-bond donors (Lipinski definition) is 1. The second kappa shape index (κ2) is 19.6. The first-order valence-corrected chi connectivity index (χ1v) is 23.9. The van der Waals surface area contributed by atoms with Crippen LogP contribution in [0.2, 0.25) is 0 Å². The molecule has 17 heteroatoms. The van der Waals surface area contributed by atoms with Crippen LogP contribution in [0, 0.1) is 0 Å². The Morgan fingerprint density at radius 3 is 1.89 bits per heavy atom. The van der Waals surface area contributed by atoms with E-state index in [2.05, 4.69) is 15.6 Å². The molecule has 2 amide bonds. The lowest BCUT2D eigenvalue weighted by molar-refractivity contribution is 0.0219. The Hall–Kier alpha value is -6.43. The molecule has 0 saturated carbocycles. The number of methoxy groups -OCH3 is 3. The Kier molecular flexibility index (Phi) is 13.7. The molecule has 8 rings (SSSR count). The van der Waals surface area contributed by atoms with Crippen molar-refractivity contribution in [1.29, 1.82) is 0 Å². The van der Waals surface area contributed by atoms with Crippen LogP contribution in [-0.4, -0.2) is 95.1 Å². The third-order valence-electron chi connectivity index (χ3n) is 11.4. The largest absolute Gasteiger partial charge is 0.497 e. The van der Waals surface area contributed by atoms with Gasteiger partial charge in [0.2, 0.25) is 15.8 Å². The number of hydrogen-bond acceptors (Lipinski definition) is 12. The van der Waals surface area contributed by atoms with Crippen molar-refractivity contribution in [2.75, 3.05) is 34.4 Å². The molecule has 2 aliphatic rings. The molecule has 344 valence electrons. The maximum Gasteiger partial charge on any atom is 0.410 e. The second-order valence-corrected chi connectivity index (χ2v) is 20.3. The van der Waals surface area contributed by atoms with Crippen LogP contribution in [0.3, 0.4) is 0 Å². The molecule has 0 spiro atoms. The zero-order valence-corrected chi connectivity index (χ0v) is 39.4. The monoisotopic (exact) mass is 931 g/mol. The third kappa shape index (κ3) is 10.3. The number of thioether (sulfide) groups is 1. The molecule has 0 unspecified atom stereocenters. The number of sulfonamides is 1. The van der Waals surface area contributed by atoms with E-state index in [0.29, 0.717) is 64.8 Å². The maximum absolute atomic E-state index is 16.2. The van der Waals surface area contributed by atoms with Gasteiger partial charge in [-0.2, -0.15) is 9.10 Å². The second-order valence-electron chi connectivity index (χ2n) is 17.1. The Morgan fingerprint density at radius 1 is 0.773 bits per heavy atom. The fourth-order valence-electron chi connectivity index (χ4n) is 8.06. The molecule has 0 atom stereocenters. The standard InChI is InChI=1S/C49H53N7O8S2/c1-49(2,3)64-48(58)54-26-24-38(25-27-54)65-43-23-22-40(39-8-7-9-41-42(39)28-50-47(41)57)44(46-51-53-56(52-46)31-34-14-20-37(63-6)21-15-34)45(43)66(59,60)55(29-32-10-16-35(61-4)17-11-32)30-33-12-18-36(62-5)19-13-33/h7-23,38H,24-31H2,1-6H3,(H,50,57). The van der Waals surface area contributed by atoms with E-state index in [1.54, 1.807) is 62.6 Å². The number of nitrogens with zero attached hydrogens (tertiary/aromatic N) is 6. The summed E-state index contributed by atoms with van der Waals surface area (Å²) < 4.78 is 55.7. The Bertz CT molecular complexity index is 2750. The highest BCUT2D eigenvalue weighted by Crippen LogP contribution is 2.46. The molecule has 0 aliphatic carbocycles. The number of likely N-dealkylation sites (tertiary alicyclic amines) is 1. The number of amides is 2. The van der Waals surface area contributed by atoms with Crippen molar-refractivity contribution in [2.45, 2.75) is 80.4 Å².